The van der Waals surface area contributed by atoms with E-state index in [-0.39, 0.29) is 0 Å². The zero-order chi connectivity index (χ0) is 10.7. The van der Waals surface area contributed by atoms with Gasteiger partial charge in [0.05, 0.1) is 5.69 Å². The second kappa shape index (κ2) is 4.23. The van der Waals surface area contributed by atoms with Gasteiger partial charge < -0.3 is 5.73 Å². The third-order valence-corrected chi connectivity index (χ3v) is 2.50. The number of benzene rings is 1. The molecule has 2 rings (SSSR count). The fourth-order valence-corrected chi connectivity index (χ4v) is 1.43. The molecule has 15 heavy (non-hydrogen) atoms. The highest BCUT2D eigenvalue weighted by Crippen LogP contribution is 2.15. The van der Waals surface area contributed by atoms with Crippen molar-refractivity contribution < 1.29 is 0 Å². The molecule has 0 aliphatic rings. The van der Waals surface area contributed by atoms with E-state index in [0.717, 1.165) is 5.69 Å². The van der Waals surface area contributed by atoms with Gasteiger partial charge in [-0.05, 0) is 30.2 Å². The van der Waals surface area contributed by atoms with Gasteiger partial charge in [0, 0.05) is 0 Å². The summed E-state index contributed by atoms with van der Waals surface area (Å²) in [4.78, 5) is 3.90. The highest BCUT2D eigenvalue weighted by Gasteiger charge is 2.03. The van der Waals surface area contributed by atoms with Gasteiger partial charge in [-0.1, -0.05) is 19.1 Å². The molecule has 0 aliphatic heterocycles. The van der Waals surface area contributed by atoms with Gasteiger partial charge in [-0.15, -0.1) is 0 Å². The summed E-state index contributed by atoms with van der Waals surface area (Å²) in [5.41, 5.74) is 7.87. The van der Waals surface area contributed by atoms with Crippen LogP contribution in [0, 0.1) is 0 Å². The molecule has 0 aliphatic carbocycles. The number of hydrogen-bond donors (Lipinski definition) is 1. The van der Waals surface area contributed by atoms with E-state index in [9.17, 15) is 0 Å². The fraction of sp³-hybridized carbons (Fsp3) is 0.273. The first-order valence-electron chi connectivity index (χ1n) is 4.96. The maximum Gasteiger partial charge on any atom is 0.138 e. The Morgan fingerprint density at radius 3 is 2.60 bits per heavy atom. The van der Waals surface area contributed by atoms with E-state index >= 15 is 0 Å². The molecule has 0 fully saturated rings. The van der Waals surface area contributed by atoms with Crippen molar-refractivity contribution in [3.05, 3.63) is 42.5 Å². The van der Waals surface area contributed by atoms with E-state index in [1.54, 1.807) is 11.0 Å². The molecule has 0 spiro atoms. The standard InChI is InChI=1S/C11H14N4/c1-9(6-12)10-2-4-11(5-3-10)15-8-13-7-14-15/h2-5,7-9H,6,12H2,1H3. The van der Waals surface area contributed by atoms with E-state index in [4.69, 9.17) is 5.73 Å². The molecule has 4 heteroatoms. The number of hydrogen-bond acceptors (Lipinski definition) is 3. The van der Waals surface area contributed by atoms with Gasteiger partial charge in [0.15, 0.2) is 0 Å². The second-order valence-electron chi connectivity index (χ2n) is 3.57. The lowest BCUT2D eigenvalue weighted by molar-refractivity contribution is 0.772. The minimum atomic E-state index is 0.398. The maximum absolute atomic E-state index is 5.61. The molecule has 0 saturated heterocycles. The van der Waals surface area contributed by atoms with Crippen LogP contribution in [0.15, 0.2) is 36.9 Å². The average Bonchev–Trinajstić information content (AvgIpc) is 2.82. The van der Waals surface area contributed by atoms with Crippen LogP contribution in [0.25, 0.3) is 5.69 Å². The van der Waals surface area contributed by atoms with E-state index in [2.05, 4.69) is 29.1 Å². The quantitative estimate of drug-likeness (QED) is 0.816. The Morgan fingerprint density at radius 1 is 1.33 bits per heavy atom. The highest BCUT2D eigenvalue weighted by molar-refractivity contribution is 5.34. The Bertz CT molecular complexity index is 405. The number of nitrogens with zero attached hydrogens (tertiary/aromatic N) is 3. The van der Waals surface area contributed by atoms with Gasteiger partial charge >= 0.3 is 0 Å². The molecule has 0 saturated carbocycles. The molecular formula is C11H14N4. The molecule has 1 aromatic carbocycles. The summed E-state index contributed by atoms with van der Waals surface area (Å²) in [6, 6.07) is 8.20. The summed E-state index contributed by atoms with van der Waals surface area (Å²) in [6.07, 6.45) is 3.21. The van der Waals surface area contributed by atoms with Crippen LogP contribution in [-0.2, 0) is 0 Å². The van der Waals surface area contributed by atoms with Gasteiger partial charge in [-0.3, -0.25) is 0 Å². The molecule has 1 heterocycles. The minimum absolute atomic E-state index is 0.398. The Balaban J connectivity index is 2.25. The summed E-state index contributed by atoms with van der Waals surface area (Å²) >= 11 is 0. The lowest BCUT2D eigenvalue weighted by Gasteiger charge is -2.09. The third kappa shape index (κ3) is 2.05. The van der Waals surface area contributed by atoms with Crippen LogP contribution in [0.3, 0.4) is 0 Å². The molecule has 1 atom stereocenters. The van der Waals surface area contributed by atoms with Gasteiger partial charge in [0.2, 0.25) is 0 Å². The zero-order valence-electron chi connectivity index (χ0n) is 8.67. The van der Waals surface area contributed by atoms with Gasteiger partial charge in [-0.2, -0.15) is 5.10 Å². The summed E-state index contributed by atoms with van der Waals surface area (Å²) in [6.45, 7) is 2.78. The molecule has 0 radical (unpaired) electrons. The second-order valence-corrected chi connectivity index (χ2v) is 3.57. The first kappa shape index (κ1) is 9.86. The van der Waals surface area contributed by atoms with Crippen LogP contribution < -0.4 is 5.73 Å². The lowest BCUT2D eigenvalue weighted by atomic mass is 10.0. The van der Waals surface area contributed by atoms with Crippen LogP contribution in [0.4, 0.5) is 0 Å². The third-order valence-electron chi connectivity index (χ3n) is 2.50. The van der Waals surface area contributed by atoms with Gasteiger partial charge in [-0.25, -0.2) is 9.67 Å². The Morgan fingerprint density at radius 2 is 2.07 bits per heavy atom. The van der Waals surface area contributed by atoms with E-state index in [1.165, 1.54) is 11.9 Å². The first-order chi connectivity index (χ1) is 7.31. The SMILES string of the molecule is CC(CN)c1ccc(-n2cncn2)cc1. The number of rotatable bonds is 3. The fourth-order valence-electron chi connectivity index (χ4n) is 1.43. The van der Waals surface area contributed by atoms with Crippen molar-refractivity contribution in [1.82, 2.24) is 14.8 Å². The van der Waals surface area contributed by atoms with Crippen molar-refractivity contribution in [2.24, 2.45) is 5.73 Å². The van der Waals surface area contributed by atoms with Crippen molar-refractivity contribution in [3.8, 4) is 5.69 Å². The molecule has 78 valence electrons. The number of aromatic nitrogens is 3. The highest BCUT2D eigenvalue weighted by atomic mass is 15.3. The number of nitrogens with two attached hydrogens (primary N) is 1. The predicted molar refractivity (Wildman–Crippen MR) is 58.8 cm³/mol. The van der Waals surface area contributed by atoms with Gasteiger partial charge in [0.25, 0.3) is 0 Å². The van der Waals surface area contributed by atoms with Crippen LogP contribution in [0.5, 0.6) is 0 Å². The lowest BCUT2D eigenvalue weighted by Crippen LogP contribution is -2.08. The average molecular weight is 202 g/mol. The first-order valence-corrected chi connectivity index (χ1v) is 4.96. The molecule has 1 aromatic heterocycles. The summed E-state index contributed by atoms with van der Waals surface area (Å²) < 4.78 is 1.73. The predicted octanol–water partition coefficient (Wildman–Crippen LogP) is 1.33. The van der Waals surface area contributed by atoms with Crippen molar-refractivity contribution in [1.29, 1.82) is 0 Å². The van der Waals surface area contributed by atoms with Crippen LogP contribution in [-0.4, -0.2) is 21.3 Å². The molecule has 0 amide bonds. The maximum atomic E-state index is 5.61. The molecular weight excluding hydrogens is 188 g/mol. The topological polar surface area (TPSA) is 56.7 Å². The van der Waals surface area contributed by atoms with Gasteiger partial charge in [0.1, 0.15) is 12.7 Å². The van der Waals surface area contributed by atoms with Crippen LogP contribution in [0.2, 0.25) is 0 Å². The smallest absolute Gasteiger partial charge is 0.138 e. The van der Waals surface area contributed by atoms with Crippen molar-refractivity contribution >= 4 is 0 Å². The normalized spacial score (nSPS) is 12.7. The van der Waals surface area contributed by atoms with E-state index < -0.39 is 0 Å². The summed E-state index contributed by atoms with van der Waals surface area (Å²) in [5.74, 6) is 0.398. The van der Waals surface area contributed by atoms with E-state index in [1.807, 2.05) is 12.1 Å². The van der Waals surface area contributed by atoms with Crippen molar-refractivity contribution in [3.63, 3.8) is 0 Å². The molecule has 2 aromatic rings. The van der Waals surface area contributed by atoms with Crippen LogP contribution in [0.1, 0.15) is 18.4 Å². The monoisotopic (exact) mass is 202 g/mol. The minimum Gasteiger partial charge on any atom is -0.330 e. The van der Waals surface area contributed by atoms with E-state index in [0.29, 0.717) is 12.5 Å². The Kier molecular flexibility index (Phi) is 2.78. The van der Waals surface area contributed by atoms with Crippen molar-refractivity contribution in [2.75, 3.05) is 6.54 Å². The Hall–Kier alpha value is -1.68. The largest absolute Gasteiger partial charge is 0.330 e. The molecule has 4 nitrogen and oxygen atoms in total. The summed E-state index contributed by atoms with van der Waals surface area (Å²) in [7, 11) is 0. The Labute approximate surface area is 88.8 Å². The van der Waals surface area contributed by atoms with Crippen molar-refractivity contribution in [2.45, 2.75) is 12.8 Å². The molecule has 1 unspecified atom stereocenters. The zero-order valence-corrected chi connectivity index (χ0v) is 8.67. The molecule has 0 bridgehead atoms. The van der Waals surface area contributed by atoms with Crippen LogP contribution >= 0.6 is 0 Å². The molecule has 2 N–H and O–H groups in total. The summed E-state index contributed by atoms with van der Waals surface area (Å²) in [5, 5.41) is 4.06.